The fourth-order valence-electron chi connectivity index (χ4n) is 2.75. The summed E-state index contributed by atoms with van der Waals surface area (Å²) in [6.07, 6.45) is 3.50. The molecule has 1 aromatic carbocycles. The van der Waals surface area contributed by atoms with Crippen LogP contribution >= 0.6 is 11.3 Å². The fraction of sp³-hybridized carbons (Fsp3) is 0.176. The second kappa shape index (κ2) is 7.02. The van der Waals surface area contributed by atoms with Gasteiger partial charge in [0, 0.05) is 29.2 Å². The summed E-state index contributed by atoms with van der Waals surface area (Å²) >= 11 is 1.56. The third kappa shape index (κ3) is 3.55. The minimum absolute atomic E-state index is 0.200. The third-order valence-electron chi connectivity index (χ3n) is 3.99. The summed E-state index contributed by atoms with van der Waals surface area (Å²) in [5.74, 6) is -0.236. The zero-order valence-corrected chi connectivity index (χ0v) is 15.3. The fourth-order valence-corrected chi connectivity index (χ4v) is 4.65. The highest BCUT2D eigenvalue weighted by atomic mass is 32.2. The third-order valence-corrected chi connectivity index (χ3v) is 6.22. The van der Waals surface area contributed by atoms with Crippen molar-refractivity contribution in [2.24, 2.45) is 0 Å². The van der Waals surface area contributed by atoms with Crippen molar-refractivity contribution in [3.63, 3.8) is 0 Å². The van der Waals surface area contributed by atoms with Crippen molar-refractivity contribution in [3.8, 4) is 0 Å². The number of hydrogen-bond acceptors (Lipinski definition) is 6. The molecule has 0 bridgehead atoms. The summed E-state index contributed by atoms with van der Waals surface area (Å²) in [7, 11) is -3.58. The lowest BCUT2D eigenvalue weighted by molar-refractivity contribution is 0.448. The SMILES string of the molecule is O=S(=O)(Cc1noc2ccccc12)NCC(c1cccs1)n1cccn1. The van der Waals surface area contributed by atoms with Crippen LogP contribution in [0.15, 0.2) is 64.8 Å². The van der Waals surface area contributed by atoms with Crippen LogP contribution in [-0.4, -0.2) is 29.9 Å². The molecule has 0 saturated heterocycles. The highest BCUT2D eigenvalue weighted by molar-refractivity contribution is 7.88. The molecule has 0 aliphatic rings. The number of nitrogens with zero attached hydrogens (tertiary/aromatic N) is 3. The molecule has 0 radical (unpaired) electrons. The van der Waals surface area contributed by atoms with Gasteiger partial charge in [-0.3, -0.25) is 4.68 Å². The standard InChI is InChI=1S/C17H16N4O3S2/c22-26(23,12-14-13-5-1-2-6-16(13)24-20-14)19-11-15(17-7-3-10-25-17)21-9-4-8-18-21/h1-10,15,19H,11-12H2. The van der Waals surface area contributed by atoms with Crippen molar-refractivity contribution in [1.29, 1.82) is 0 Å². The molecule has 0 aliphatic carbocycles. The van der Waals surface area contributed by atoms with E-state index >= 15 is 0 Å². The van der Waals surface area contributed by atoms with Crippen molar-refractivity contribution in [3.05, 3.63) is 70.8 Å². The van der Waals surface area contributed by atoms with Gasteiger partial charge in [0.25, 0.3) is 0 Å². The first-order valence-electron chi connectivity index (χ1n) is 7.95. The van der Waals surface area contributed by atoms with Gasteiger partial charge in [-0.1, -0.05) is 23.4 Å². The predicted octanol–water partition coefficient (Wildman–Crippen LogP) is 2.79. The van der Waals surface area contributed by atoms with Gasteiger partial charge in [-0.05, 0) is 29.6 Å². The smallest absolute Gasteiger partial charge is 0.217 e. The van der Waals surface area contributed by atoms with Gasteiger partial charge in [-0.2, -0.15) is 5.10 Å². The highest BCUT2D eigenvalue weighted by Crippen LogP contribution is 2.23. The van der Waals surface area contributed by atoms with Crippen LogP contribution in [0.1, 0.15) is 16.6 Å². The quantitative estimate of drug-likeness (QED) is 0.526. The van der Waals surface area contributed by atoms with Crippen molar-refractivity contribution >= 4 is 32.3 Å². The van der Waals surface area contributed by atoms with Crippen LogP contribution < -0.4 is 4.72 Å². The van der Waals surface area contributed by atoms with E-state index in [0.717, 1.165) is 4.88 Å². The molecule has 4 aromatic rings. The molecule has 1 atom stereocenters. The average molecular weight is 388 g/mol. The van der Waals surface area contributed by atoms with Gasteiger partial charge in [0.2, 0.25) is 10.0 Å². The molecule has 0 fully saturated rings. The Balaban J connectivity index is 1.52. The second-order valence-corrected chi connectivity index (χ2v) is 8.54. The Morgan fingerprint density at radius 2 is 2.08 bits per heavy atom. The Bertz CT molecular complexity index is 1050. The molecule has 1 N–H and O–H groups in total. The van der Waals surface area contributed by atoms with E-state index in [1.54, 1.807) is 34.3 Å². The highest BCUT2D eigenvalue weighted by Gasteiger charge is 2.21. The molecule has 0 amide bonds. The molecule has 0 spiro atoms. The minimum Gasteiger partial charge on any atom is -0.356 e. The van der Waals surface area contributed by atoms with Gasteiger partial charge < -0.3 is 4.52 Å². The predicted molar refractivity (Wildman–Crippen MR) is 99.3 cm³/mol. The van der Waals surface area contributed by atoms with E-state index in [1.807, 2.05) is 41.9 Å². The van der Waals surface area contributed by atoms with Crippen LogP contribution in [0.25, 0.3) is 11.0 Å². The molecule has 4 rings (SSSR count). The lowest BCUT2D eigenvalue weighted by atomic mass is 10.2. The van der Waals surface area contributed by atoms with Crippen molar-refractivity contribution in [2.75, 3.05) is 6.54 Å². The Hall–Kier alpha value is -2.49. The second-order valence-electron chi connectivity index (χ2n) is 5.75. The summed E-state index contributed by atoms with van der Waals surface area (Å²) < 4.78 is 34.7. The zero-order chi connectivity index (χ0) is 18.0. The number of nitrogens with one attached hydrogen (secondary N) is 1. The van der Waals surface area contributed by atoms with Gasteiger partial charge >= 0.3 is 0 Å². The van der Waals surface area contributed by atoms with Crippen LogP contribution in [0, 0.1) is 0 Å². The molecule has 134 valence electrons. The molecule has 0 saturated carbocycles. The van der Waals surface area contributed by atoms with E-state index in [-0.39, 0.29) is 18.3 Å². The summed E-state index contributed by atoms with van der Waals surface area (Å²) in [5.41, 5.74) is 0.977. The van der Waals surface area contributed by atoms with Crippen molar-refractivity contribution in [2.45, 2.75) is 11.8 Å². The van der Waals surface area contributed by atoms with Crippen LogP contribution in [0.2, 0.25) is 0 Å². The van der Waals surface area contributed by atoms with Crippen molar-refractivity contribution < 1.29 is 12.9 Å². The van der Waals surface area contributed by atoms with E-state index in [1.165, 1.54) is 0 Å². The van der Waals surface area contributed by atoms with E-state index in [4.69, 9.17) is 4.52 Å². The van der Waals surface area contributed by atoms with E-state index in [0.29, 0.717) is 16.7 Å². The van der Waals surface area contributed by atoms with Crippen LogP contribution in [0.5, 0.6) is 0 Å². The molecule has 7 nitrogen and oxygen atoms in total. The first-order chi connectivity index (χ1) is 12.6. The minimum atomic E-state index is -3.58. The number of fused-ring (bicyclic) bond motifs is 1. The van der Waals surface area contributed by atoms with E-state index in [2.05, 4.69) is 15.0 Å². The van der Waals surface area contributed by atoms with Crippen LogP contribution in [0.4, 0.5) is 0 Å². The summed E-state index contributed by atoms with van der Waals surface area (Å²) in [6, 6.07) is 12.7. The Labute approximate surface area is 154 Å². The molecule has 26 heavy (non-hydrogen) atoms. The first kappa shape index (κ1) is 17.0. The van der Waals surface area contributed by atoms with E-state index in [9.17, 15) is 8.42 Å². The van der Waals surface area contributed by atoms with Gasteiger partial charge in [0.1, 0.15) is 11.4 Å². The molecule has 1 unspecified atom stereocenters. The maximum Gasteiger partial charge on any atom is 0.217 e. The summed E-state index contributed by atoms with van der Waals surface area (Å²) in [5, 5.41) is 10.8. The topological polar surface area (TPSA) is 90.0 Å². The molecule has 3 aromatic heterocycles. The molecular formula is C17H16N4O3S2. The number of aromatic nitrogens is 3. The lowest BCUT2D eigenvalue weighted by Crippen LogP contribution is -2.32. The van der Waals surface area contributed by atoms with Gasteiger partial charge in [-0.25, -0.2) is 13.1 Å². The number of rotatable bonds is 7. The van der Waals surface area contributed by atoms with Gasteiger partial charge in [0.05, 0.1) is 6.04 Å². The van der Waals surface area contributed by atoms with Crippen LogP contribution in [0.3, 0.4) is 0 Å². The van der Waals surface area contributed by atoms with Gasteiger partial charge in [0.15, 0.2) is 5.58 Å². The largest absolute Gasteiger partial charge is 0.356 e. The number of thiophene rings is 1. The average Bonchev–Trinajstić information content (AvgIpc) is 3.37. The molecule has 9 heteroatoms. The number of para-hydroxylation sites is 1. The maximum atomic E-state index is 12.6. The molecule has 3 heterocycles. The lowest BCUT2D eigenvalue weighted by Gasteiger charge is -2.17. The number of hydrogen-bond donors (Lipinski definition) is 1. The van der Waals surface area contributed by atoms with Crippen molar-refractivity contribution in [1.82, 2.24) is 19.7 Å². The first-order valence-corrected chi connectivity index (χ1v) is 10.5. The molecular weight excluding hydrogens is 372 g/mol. The maximum absolute atomic E-state index is 12.6. The number of sulfonamides is 1. The van der Waals surface area contributed by atoms with Crippen LogP contribution in [-0.2, 0) is 15.8 Å². The zero-order valence-electron chi connectivity index (χ0n) is 13.6. The van der Waals surface area contributed by atoms with Gasteiger partial charge in [-0.15, -0.1) is 11.3 Å². The Morgan fingerprint density at radius 1 is 1.19 bits per heavy atom. The monoisotopic (exact) mass is 388 g/mol. The normalized spacial score (nSPS) is 13.2. The Morgan fingerprint density at radius 3 is 2.85 bits per heavy atom. The summed E-state index contributed by atoms with van der Waals surface area (Å²) in [4.78, 5) is 1.03. The number of benzene rings is 1. The summed E-state index contributed by atoms with van der Waals surface area (Å²) in [6.45, 7) is 0.209. The Kier molecular flexibility index (Phi) is 4.58. The molecule has 0 aliphatic heterocycles. The van der Waals surface area contributed by atoms with E-state index < -0.39 is 10.0 Å².